The van der Waals surface area contributed by atoms with Gasteiger partial charge in [-0.25, -0.2) is 0 Å². The number of H-pyrrole nitrogens is 1. The van der Waals surface area contributed by atoms with E-state index in [9.17, 15) is 0 Å². The highest BCUT2D eigenvalue weighted by atomic mass is 16.5. The SMILES string of the molecule is COc1cc2c(cc1OCCCN1CCCC1)[nH]c1ccnc(C3CC3)c12. The lowest BCUT2D eigenvalue weighted by molar-refractivity contribution is 0.254. The van der Waals surface area contributed by atoms with Crippen molar-refractivity contribution in [3.05, 3.63) is 30.1 Å². The lowest BCUT2D eigenvalue weighted by Gasteiger charge is -2.15. The van der Waals surface area contributed by atoms with Gasteiger partial charge < -0.3 is 19.4 Å². The van der Waals surface area contributed by atoms with Gasteiger partial charge in [0.2, 0.25) is 0 Å². The van der Waals surface area contributed by atoms with Crippen molar-refractivity contribution in [3.8, 4) is 11.5 Å². The van der Waals surface area contributed by atoms with E-state index in [-0.39, 0.29) is 0 Å². The molecular formula is C22H27N3O2. The molecule has 0 spiro atoms. The normalized spacial score (nSPS) is 17.8. The van der Waals surface area contributed by atoms with E-state index in [0.717, 1.165) is 35.5 Å². The van der Waals surface area contributed by atoms with Crippen LogP contribution in [-0.4, -0.2) is 48.2 Å². The van der Waals surface area contributed by atoms with Crippen molar-refractivity contribution in [2.75, 3.05) is 33.4 Å². The minimum absolute atomic E-state index is 0.611. The molecule has 1 saturated carbocycles. The number of benzene rings is 1. The van der Waals surface area contributed by atoms with Crippen LogP contribution in [0.5, 0.6) is 11.5 Å². The van der Waals surface area contributed by atoms with Crippen LogP contribution in [0, 0.1) is 0 Å². The molecule has 2 fully saturated rings. The summed E-state index contributed by atoms with van der Waals surface area (Å²) in [5.74, 6) is 2.23. The van der Waals surface area contributed by atoms with Gasteiger partial charge >= 0.3 is 0 Å². The monoisotopic (exact) mass is 365 g/mol. The summed E-state index contributed by atoms with van der Waals surface area (Å²) in [6.45, 7) is 4.31. The van der Waals surface area contributed by atoms with Crippen LogP contribution in [0.2, 0.25) is 0 Å². The number of aromatic amines is 1. The second-order valence-corrected chi connectivity index (χ2v) is 7.82. The Morgan fingerprint density at radius 2 is 2.00 bits per heavy atom. The maximum absolute atomic E-state index is 6.09. The average molecular weight is 365 g/mol. The molecule has 1 aliphatic carbocycles. The largest absolute Gasteiger partial charge is 0.493 e. The first kappa shape index (κ1) is 16.9. The van der Waals surface area contributed by atoms with Crippen molar-refractivity contribution in [2.24, 2.45) is 0 Å². The number of hydrogen-bond donors (Lipinski definition) is 1. The Balaban J connectivity index is 1.41. The smallest absolute Gasteiger partial charge is 0.163 e. The first-order valence-corrected chi connectivity index (χ1v) is 10.2. The summed E-state index contributed by atoms with van der Waals surface area (Å²) >= 11 is 0. The second kappa shape index (κ2) is 7.04. The van der Waals surface area contributed by atoms with Gasteiger partial charge in [0.1, 0.15) is 0 Å². The van der Waals surface area contributed by atoms with Gasteiger partial charge in [0.05, 0.1) is 24.9 Å². The van der Waals surface area contributed by atoms with Crippen LogP contribution in [0.1, 0.15) is 43.7 Å². The van der Waals surface area contributed by atoms with Gasteiger partial charge in [-0.15, -0.1) is 0 Å². The highest BCUT2D eigenvalue weighted by molar-refractivity contribution is 6.09. The molecule has 0 bridgehead atoms. The zero-order valence-electron chi connectivity index (χ0n) is 16.0. The Kier molecular flexibility index (Phi) is 4.40. The van der Waals surface area contributed by atoms with Crippen molar-refractivity contribution in [2.45, 2.75) is 38.0 Å². The molecule has 2 aliphatic rings. The first-order valence-electron chi connectivity index (χ1n) is 10.2. The highest BCUT2D eigenvalue weighted by Gasteiger charge is 2.28. The molecule has 5 rings (SSSR count). The number of pyridine rings is 1. The van der Waals surface area contributed by atoms with Gasteiger partial charge in [-0.05, 0) is 57.3 Å². The second-order valence-electron chi connectivity index (χ2n) is 7.82. The maximum Gasteiger partial charge on any atom is 0.163 e. The molecule has 3 heterocycles. The summed E-state index contributed by atoms with van der Waals surface area (Å²) in [5.41, 5.74) is 3.46. The number of ether oxygens (including phenoxy) is 2. The Labute approximate surface area is 159 Å². The number of nitrogens with one attached hydrogen (secondary N) is 1. The molecule has 2 aromatic heterocycles. The number of methoxy groups -OCH3 is 1. The van der Waals surface area contributed by atoms with Crippen molar-refractivity contribution in [1.82, 2.24) is 14.9 Å². The van der Waals surface area contributed by atoms with Crippen molar-refractivity contribution >= 4 is 21.8 Å². The van der Waals surface area contributed by atoms with Gasteiger partial charge in [0.25, 0.3) is 0 Å². The van der Waals surface area contributed by atoms with Gasteiger partial charge in [-0.1, -0.05) is 0 Å². The van der Waals surface area contributed by atoms with E-state index in [4.69, 9.17) is 9.47 Å². The standard InChI is InChI=1S/C22H27N3O2/c1-26-19-13-16-18(14-20(19)27-12-4-11-25-9-2-3-10-25)24-17-7-8-23-22(21(16)17)15-5-6-15/h7-8,13-15,24H,2-6,9-12H2,1H3. The minimum atomic E-state index is 0.611. The first-order chi connectivity index (χ1) is 13.3. The maximum atomic E-state index is 6.09. The van der Waals surface area contributed by atoms with Crippen molar-refractivity contribution in [1.29, 1.82) is 0 Å². The zero-order chi connectivity index (χ0) is 18.2. The van der Waals surface area contributed by atoms with Crippen LogP contribution in [-0.2, 0) is 0 Å². The molecule has 27 heavy (non-hydrogen) atoms. The van der Waals surface area contributed by atoms with Crippen LogP contribution < -0.4 is 9.47 Å². The Bertz CT molecular complexity index is 955. The average Bonchev–Trinajstić information content (AvgIpc) is 3.28. The predicted octanol–water partition coefficient (Wildman–Crippen LogP) is 4.47. The highest BCUT2D eigenvalue weighted by Crippen LogP contribution is 2.45. The summed E-state index contributed by atoms with van der Waals surface area (Å²) in [4.78, 5) is 10.7. The van der Waals surface area contributed by atoms with Gasteiger partial charge in [0, 0.05) is 41.0 Å². The molecule has 0 amide bonds. The molecule has 1 N–H and O–H groups in total. The Morgan fingerprint density at radius 1 is 1.15 bits per heavy atom. The minimum Gasteiger partial charge on any atom is -0.493 e. The van der Waals surface area contributed by atoms with Crippen LogP contribution in [0.4, 0.5) is 0 Å². The molecular weight excluding hydrogens is 338 g/mol. The van der Waals surface area contributed by atoms with Crippen LogP contribution >= 0.6 is 0 Å². The van der Waals surface area contributed by atoms with Gasteiger partial charge in [-0.3, -0.25) is 4.98 Å². The number of aromatic nitrogens is 2. The van der Waals surface area contributed by atoms with Gasteiger partial charge in [0.15, 0.2) is 11.5 Å². The lowest BCUT2D eigenvalue weighted by Crippen LogP contribution is -2.21. The van der Waals surface area contributed by atoms with E-state index in [1.165, 1.54) is 55.2 Å². The Hall–Kier alpha value is -2.27. The van der Waals surface area contributed by atoms with E-state index in [1.54, 1.807) is 7.11 Å². The number of fused-ring (bicyclic) bond motifs is 3. The molecule has 0 unspecified atom stereocenters. The van der Waals surface area contributed by atoms with E-state index in [2.05, 4.69) is 33.1 Å². The molecule has 1 saturated heterocycles. The van der Waals surface area contributed by atoms with Crippen molar-refractivity contribution in [3.63, 3.8) is 0 Å². The van der Waals surface area contributed by atoms with E-state index in [0.29, 0.717) is 12.5 Å². The van der Waals surface area contributed by atoms with Crippen LogP contribution in [0.3, 0.4) is 0 Å². The summed E-state index contributed by atoms with van der Waals surface area (Å²) in [5, 5.41) is 2.43. The fourth-order valence-electron chi connectivity index (χ4n) is 4.30. The van der Waals surface area contributed by atoms with Gasteiger partial charge in [-0.2, -0.15) is 0 Å². The number of likely N-dealkylation sites (tertiary alicyclic amines) is 1. The molecule has 5 heteroatoms. The number of rotatable bonds is 7. The molecule has 0 radical (unpaired) electrons. The number of nitrogens with zero attached hydrogens (tertiary/aromatic N) is 2. The fraction of sp³-hybridized carbons (Fsp3) is 0.500. The zero-order valence-corrected chi connectivity index (χ0v) is 16.0. The summed E-state index contributed by atoms with van der Waals surface area (Å²) in [6, 6.07) is 6.25. The van der Waals surface area contributed by atoms with E-state index >= 15 is 0 Å². The van der Waals surface area contributed by atoms with Crippen molar-refractivity contribution < 1.29 is 9.47 Å². The quantitative estimate of drug-likeness (QED) is 0.628. The third kappa shape index (κ3) is 3.25. The van der Waals surface area contributed by atoms with E-state index < -0.39 is 0 Å². The lowest BCUT2D eigenvalue weighted by atomic mass is 10.1. The molecule has 5 nitrogen and oxygen atoms in total. The van der Waals surface area contributed by atoms with Crippen LogP contribution in [0.25, 0.3) is 21.8 Å². The molecule has 142 valence electrons. The molecule has 3 aromatic rings. The summed E-state index contributed by atoms with van der Waals surface area (Å²) in [6.07, 6.45) is 8.12. The third-order valence-electron chi connectivity index (χ3n) is 5.86. The molecule has 1 aliphatic heterocycles. The Morgan fingerprint density at radius 3 is 2.78 bits per heavy atom. The number of hydrogen-bond acceptors (Lipinski definition) is 4. The summed E-state index contributed by atoms with van der Waals surface area (Å²) < 4.78 is 11.7. The third-order valence-corrected chi connectivity index (χ3v) is 5.86. The van der Waals surface area contributed by atoms with E-state index in [1.807, 2.05) is 6.20 Å². The van der Waals surface area contributed by atoms with Crippen LogP contribution in [0.15, 0.2) is 24.4 Å². The topological polar surface area (TPSA) is 50.4 Å². The summed E-state index contributed by atoms with van der Waals surface area (Å²) in [7, 11) is 1.72. The predicted molar refractivity (Wildman–Crippen MR) is 108 cm³/mol. The molecule has 0 atom stereocenters. The molecule has 1 aromatic carbocycles. The fourth-order valence-corrected chi connectivity index (χ4v) is 4.30.